The second kappa shape index (κ2) is 5.43. The highest BCUT2D eigenvalue weighted by molar-refractivity contribution is 7.93. The normalized spacial score (nSPS) is 10.8. The number of sulfonamides is 1. The number of phenols is 1. The van der Waals surface area contributed by atoms with Gasteiger partial charge in [0.15, 0.2) is 0 Å². The second-order valence-electron chi connectivity index (χ2n) is 3.86. The smallest absolute Gasteiger partial charge is 0.339 e. The number of nitriles is 1. The fourth-order valence-electron chi connectivity index (χ4n) is 1.51. The molecule has 0 aliphatic carbocycles. The van der Waals surface area contributed by atoms with Gasteiger partial charge >= 0.3 is 5.97 Å². The molecule has 0 atom stereocenters. The van der Waals surface area contributed by atoms with Crippen molar-refractivity contribution in [3.05, 3.63) is 40.8 Å². The summed E-state index contributed by atoms with van der Waals surface area (Å²) in [6.45, 7) is 0. The van der Waals surface area contributed by atoms with Crippen LogP contribution in [0, 0.1) is 11.3 Å². The van der Waals surface area contributed by atoms with E-state index >= 15 is 0 Å². The third-order valence-electron chi connectivity index (χ3n) is 2.52. The maximum Gasteiger partial charge on any atom is 0.339 e. The number of carboxylic acids is 1. The fraction of sp³-hybridized carbons (Fsp3) is 0. The molecular weight excluding hydrogens is 316 g/mol. The quantitative estimate of drug-likeness (QED) is 0.787. The zero-order chi connectivity index (χ0) is 15.6. The molecule has 0 unspecified atom stereocenters. The van der Waals surface area contributed by atoms with Gasteiger partial charge in [-0.15, -0.1) is 11.3 Å². The lowest BCUT2D eigenvalue weighted by Crippen LogP contribution is -2.13. The van der Waals surface area contributed by atoms with Crippen molar-refractivity contribution in [2.45, 2.75) is 4.90 Å². The predicted octanol–water partition coefficient (Wildman–Crippen LogP) is 1.82. The summed E-state index contributed by atoms with van der Waals surface area (Å²) in [4.78, 5) is 10.6. The molecule has 0 aliphatic heterocycles. The van der Waals surface area contributed by atoms with Gasteiger partial charge in [0, 0.05) is 0 Å². The number of nitrogens with zero attached hydrogens (tertiary/aromatic N) is 1. The van der Waals surface area contributed by atoms with E-state index in [1.165, 1.54) is 6.07 Å². The monoisotopic (exact) mass is 324 g/mol. The maximum absolute atomic E-state index is 12.2. The van der Waals surface area contributed by atoms with Crippen LogP contribution in [0.2, 0.25) is 0 Å². The fourth-order valence-corrected chi connectivity index (χ4v) is 3.61. The molecule has 0 radical (unpaired) electrons. The third-order valence-corrected chi connectivity index (χ3v) is 4.83. The number of thiophene rings is 1. The van der Waals surface area contributed by atoms with E-state index in [1.807, 2.05) is 6.07 Å². The van der Waals surface area contributed by atoms with E-state index in [1.54, 1.807) is 5.38 Å². The van der Waals surface area contributed by atoms with Crippen LogP contribution in [0.1, 0.15) is 15.9 Å². The average molecular weight is 324 g/mol. The van der Waals surface area contributed by atoms with E-state index < -0.39 is 27.3 Å². The van der Waals surface area contributed by atoms with Gasteiger partial charge in [0.1, 0.15) is 22.4 Å². The number of hydrogen-bond acceptors (Lipinski definition) is 6. The number of hydrogen-bond donors (Lipinski definition) is 3. The summed E-state index contributed by atoms with van der Waals surface area (Å²) in [6, 6.07) is 6.20. The zero-order valence-electron chi connectivity index (χ0n) is 10.3. The van der Waals surface area contributed by atoms with Crippen molar-refractivity contribution in [2.24, 2.45) is 0 Å². The topological polar surface area (TPSA) is 127 Å². The first-order valence-corrected chi connectivity index (χ1v) is 7.78. The van der Waals surface area contributed by atoms with Gasteiger partial charge in [-0.25, -0.2) is 13.2 Å². The summed E-state index contributed by atoms with van der Waals surface area (Å²) >= 11 is 1.03. The predicted molar refractivity (Wildman–Crippen MR) is 74.9 cm³/mol. The van der Waals surface area contributed by atoms with Gasteiger partial charge in [-0.1, -0.05) is 0 Å². The lowest BCUT2D eigenvalue weighted by atomic mass is 10.2. The Kier molecular flexibility index (Phi) is 3.84. The van der Waals surface area contributed by atoms with Crippen molar-refractivity contribution >= 4 is 32.3 Å². The largest absolute Gasteiger partial charge is 0.507 e. The number of rotatable bonds is 4. The van der Waals surface area contributed by atoms with E-state index in [9.17, 15) is 18.3 Å². The number of aromatic hydroxyl groups is 1. The van der Waals surface area contributed by atoms with Crippen molar-refractivity contribution in [2.75, 3.05) is 4.72 Å². The van der Waals surface area contributed by atoms with E-state index in [4.69, 9.17) is 10.4 Å². The Hall–Kier alpha value is -2.57. The summed E-state index contributed by atoms with van der Waals surface area (Å²) in [5.74, 6) is -1.98. The number of aromatic carboxylic acids is 1. The van der Waals surface area contributed by atoms with E-state index in [-0.39, 0.29) is 15.5 Å². The molecule has 7 nitrogen and oxygen atoms in total. The van der Waals surface area contributed by atoms with Crippen molar-refractivity contribution in [3.8, 4) is 11.8 Å². The summed E-state index contributed by atoms with van der Waals surface area (Å²) in [5.41, 5.74) is -0.356. The highest BCUT2D eigenvalue weighted by Crippen LogP contribution is 2.27. The van der Waals surface area contributed by atoms with Crippen LogP contribution < -0.4 is 4.72 Å². The molecule has 1 aromatic heterocycles. The van der Waals surface area contributed by atoms with Crippen molar-refractivity contribution in [1.29, 1.82) is 5.26 Å². The summed E-state index contributed by atoms with van der Waals surface area (Å²) in [5, 5.41) is 28.8. The van der Waals surface area contributed by atoms with Gasteiger partial charge in [0.2, 0.25) is 0 Å². The summed E-state index contributed by atoms with van der Waals surface area (Å²) in [7, 11) is -4.05. The van der Waals surface area contributed by atoms with Crippen LogP contribution in [0.25, 0.3) is 0 Å². The van der Waals surface area contributed by atoms with Gasteiger partial charge in [-0.2, -0.15) is 5.26 Å². The van der Waals surface area contributed by atoms with Gasteiger partial charge in [0.05, 0.1) is 10.5 Å². The molecule has 0 amide bonds. The van der Waals surface area contributed by atoms with E-state index in [0.29, 0.717) is 0 Å². The SMILES string of the molecule is N#Cc1ccsc1NS(=O)(=O)c1ccc(O)c(C(=O)O)c1. The van der Waals surface area contributed by atoms with Crippen LogP contribution in [0.4, 0.5) is 5.00 Å². The number of carboxylic acid groups (broad SMARTS) is 1. The standard InChI is InChI=1S/C12H8N2O5S2/c13-6-7-3-4-20-11(7)14-21(18,19)8-1-2-10(15)9(5-8)12(16)17/h1-5,14-15H,(H,16,17). The van der Waals surface area contributed by atoms with E-state index in [2.05, 4.69) is 4.72 Å². The molecule has 1 aromatic carbocycles. The Morgan fingerprint density at radius 3 is 2.67 bits per heavy atom. The van der Waals surface area contributed by atoms with Crippen LogP contribution in [0.15, 0.2) is 34.5 Å². The Labute approximate surface area is 123 Å². The highest BCUT2D eigenvalue weighted by atomic mass is 32.2. The molecule has 0 bridgehead atoms. The van der Waals surface area contributed by atoms with E-state index in [0.717, 1.165) is 29.5 Å². The van der Waals surface area contributed by atoms with Gasteiger partial charge in [-0.3, -0.25) is 4.72 Å². The maximum atomic E-state index is 12.2. The average Bonchev–Trinajstić information content (AvgIpc) is 2.85. The van der Waals surface area contributed by atoms with Crippen molar-refractivity contribution in [3.63, 3.8) is 0 Å². The molecule has 3 N–H and O–H groups in total. The molecule has 1 heterocycles. The molecule has 2 rings (SSSR count). The number of carbonyl (C=O) groups is 1. The minimum atomic E-state index is -4.05. The first-order valence-electron chi connectivity index (χ1n) is 5.42. The zero-order valence-corrected chi connectivity index (χ0v) is 11.9. The Balaban J connectivity index is 2.43. The molecule has 0 fully saturated rings. The van der Waals surface area contributed by atoms with Crippen molar-refractivity contribution in [1.82, 2.24) is 0 Å². The molecular formula is C12H8N2O5S2. The molecule has 2 aromatic rings. The molecule has 0 aliphatic rings. The van der Waals surface area contributed by atoms with Crippen LogP contribution in [-0.2, 0) is 10.0 Å². The number of benzene rings is 1. The van der Waals surface area contributed by atoms with Crippen LogP contribution in [0.3, 0.4) is 0 Å². The minimum absolute atomic E-state index is 0.141. The first-order chi connectivity index (χ1) is 9.85. The minimum Gasteiger partial charge on any atom is -0.507 e. The Bertz CT molecular complexity index is 849. The molecule has 9 heteroatoms. The second-order valence-corrected chi connectivity index (χ2v) is 6.46. The van der Waals surface area contributed by atoms with Gasteiger partial charge in [-0.05, 0) is 29.6 Å². The first kappa shape index (κ1) is 14.8. The summed E-state index contributed by atoms with van der Waals surface area (Å²) < 4.78 is 26.5. The molecule has 0 saturated heterocycles. The number of anilines is 1. The lowest BCUT2D eigenvalue weighted by Gasteiger charge is -2.08. The molecule has 108 valence electrons. The van der Waals surface area contributed by atoms with Crippen LogP contribution in [0.5, 0.6) is 5.75 Å². The molecule has 21 heavy (non-hydrogen) atoms. The summed E-state index contributed by atoms with van der Waals surface area (Å²) in [6.07, 6.45) is 0. The van der Waals surface area contributed by atoms with Crippen LogP contribution >= 0.6 is 11.3 Å². The number of nitrogens with one attached hydrogen (secondary N) is 1. The Morgan fingerprint density at radius 2 is 2.05 bits per heavy atom. The lowest BCUT2D eigenvalue weighted by molar-refractivity contribution is 0.0693. The molecule has 0 saturated carbocycles. The molecule has 0 spiro atoms. The third kappa shape index (κ3) is 2.96. The van der Waals surface area contributed by atoms with Gasteiger partial charge < -0.3 is 10.2 Å². The highest BCUT2D eigenvalue weighted by Gasteiger charge is 2.20. The Morgan fingerprint density at radius 1 is 1.33 bits per heavy atom. The van der Waals surface area contributed by atoms with Crippen molar-refractivity contribution < 1.29 is 23.4 Å². The van der Waals surface area contributed by atoms with Crippen LogP contribution in [-0.4, -0.2) is 24.6 Å². The van der Waals surface area contributed by atoms with Gasteiger partial charge in [0.25, 0.3) is 10.0 Å².